The molecule has 2 N–H and O–H groups in total. The Morgan fingerprint density at radius 2 is 1.75 bits per heavy atom. The van der Waals surface area contributed by atoms with Gasteiger partial charge in [0.15, 0.2) is 0 Å². The second-order valence-corrected chi connectivity index (χ2v) is 3.58. The highest BCUT2D eigenvalue weighted by molar-refractivity contribution is 4.80. The lowest BCUT2D eigenvalue weighted by molar-refractivity contribution is -0.00875. The Bertz CT molecular complexity index is 108. The molecule has 0 bridgehead atoms. The monoisotopic (exact) mass is 176 g/mol. The summed E-state index contributed by atoms with van der Waals surface area (Å²) in [5.41, 5.74) is -0.379. The van der Waals surface area contributed by atoms with Gasteiger partial charge >= 0.3 is 0 Å². The van der Waals surface area contributed by atoms with Crippen molar-refractivity contribution in [3.05, 3.63) is 0 Å². The van der Waals surface area contributed by atoms with Crippen molar-refractivity contribution in [1.29, 1.82) is 0 Å². The molecule has 0 heterocycles. The number of ether oxygens (including phenoxy) is 1. The molecule has 0 fully saturated rings. The third-order valence-corrected chi connectivity index (χ3v) is 2.66. The van der Waals surface area contributed by atoms with Crippen LogP contribution in [0.25, 0.3) is 0 Å². The predicted octanol–water partition coefficient (Wildman–Crippen LogP) is 0.650. The molecule has 0 rings (SSSR count). The summed E-state index contributed by atoms with van der Waals surface area (Å²) in [7, 11) is 1.62. The summed E-state index contributed by atoms with van der Waals surface area (Å²) in [6.07, 6.45) is 0.703. The number of methoxy groups -OCH3 is 1. The molecule has 0 atom stereocenters. The van der Waals surface area contributed by atoms with Crippen LogP contribution in [0, 0.1) is 11.3 Å². The molecule has 0 aromatic heterocycles. The van der Waals surface area contributed by atoms with Gasteiger partial charge in [-0.2, -0.15) is 0 Å². The SMILES string of the molecule is COCCC(CO)(CO)C(C)C. The van der Waals surface area contributed by atoms with E-state index in [4.69, 9.17) is 14.9 Å². The quantitative estimate of drug-likeness (QED) is 0.624. The third-order valence-electron chi connectivity index (χ3n) is 2.66. The molecule has 0 aliphatic rings. The molecule has 0 aromatic carbocycles. The Balaban J connectivity index is 4.15. The van der Waals surface area contributed by atoms with Crippen LogP contribution in [0.15, 0.2) is 0 Å². The Morgan fingerprint density at radius 3 is 2.00 bits per heavy atom. The van der Waals surface area contributed by atoms with E-state index in [1.807, 2.05) is 13.8 Å². The molecular formula is C9H20O3. The number of hydrogen-bond acceptors (Lipinski definition) is 3. The van der Waals surface area contributed by atoms with Gasteiger partial charge < -0.3 is 14.9 Å². The van der Waals surface area contributed by atoms with E-state index in [0.29, 0.717) is 13.0 Å². The molecule has 0 saturated carbocycles. The Morgan fingerprint density at radius 1 is 1.25 bits per heavy atom. The van der Waals surface area contributed by atoms with E-state index in [-0.39, 0.29) is 24.5 Å². The lowest BCUT2D eigenvalue weighted by Gasteiger charge is -2.33. The summed E-state index contributed by atoms with van der Waals surface area (Å²) in [5, 5.41) is 18.3. The van der Waals surface area contributed by atoms with E-state index < -0.39 is 0 Å². The first-order valence-electron chi connectivity index (χ1n) is 4.33. The van der Waals surface area contributed by atoms with Crippen LogP contribution in [0.1, 0.15) is 20.3 Å². The van der Waals surface area contributed by atoms with Gasteiger partial charge in [-0.25, -0.2) is 0 Å². The molecule has 0 aliphatic heterocycles. The average molecular weight is 176 g/mol. The lowest BCUT2D eigenvalue weighted by atomic mass is 9.76. The van der Waals surface area contributed by atoms with Crippen molar-refractivity contribution >= 4 is 0 Å². The minimum atomic E-state index is -0.379. The van der Waals surface area contributed by atoms with Crippen molar-refractivity contribution in [2.24, 2.45) is 11.3 Å². The van der Waals surface area contributed by atoms with E-state index in [1.165, 1.54) is 0 Å². The summed E-state index contributed by atoms with van der Waals surface area (Å²) >= 11 is 0. The van der Waals surface area contributed by atoms with Crippen molar-refractivity contribution in [3.8, 4) is 0 Å². The van der Waals surface area contributed by atoms with Gasteiger partial charge in [0.05, 0.1) is 13.2 Å². The van der Waals surface area contributed by atoms with Crippen LogP contribution in [-0.4, -0.2) is 37.1 Å². The Kier molecular flexibility index (Phi) is 5.46. The predicted molar refractivity (Wildman–Crippen MR) is 47.9 cm³/mol. The van der Waals surface area contributed by atoms with Crippen molar-refractivity contribution in [2.45, 2.75) is 20.3 Å². The summed E-state index contributed by atoms with van der Waals surface area (Å²) in [5.74, 6) is 0.266. The highest BCUT2D eigenvalue weighted by Gasteiger charge is 2.31. The van der Waals surface area contributed by atoms with Crippen molar-refractivity contribution in [2.75, 3.05) is 26.9 Å². The third kappa shape index (κ3) is 2.73. The van der Waals surface area contributed by atoms with Crippen molar-refractivity contribution in [1.82, 2.24) is 0 Å². The lowest BCUT2D eigenvalue weighted by Crippen LogP contribution is -2.36. The van der Waals surface area contributed by atoms with Crippen molar-refractivity contribution in [3.63, 3.8) is 0 Å². The smallest absolute Gasteiger partial charge is 0.0512 e. The standard InChI is InChI=1S/C9H20O3/c1-8(2)9(6-10,7-11)4-5-12-3/h8,10-11H,4-7H2,1-3H3. The van der Waals surface area contributed by atoms with E-state index in [1.54, 1.807) is 7.11 Å². The minimum Gasteiger partial charge on any atom is -0.396 e. The number of aliphatic hydroxyl groups excluding tert-OH is 2. The fraction of sp³-hybridized carbons (Fsp3) is 1.00. The van der Waals surface area contributed by atoms with Crippen LogP contribution < -0.4 is 0 Å². The largest absolute Gasteiger partial charge is 0.396 e. The molecule has 3 heteroatoms. The van der Waals surface area contributed by atoms with Crippen LogP contribution in [0.4, 0.5) is 0 Å². The summed E-state index contributed by atoms with van der Waals surface area (Å²) in [6.45, 7) is 4.62. The van der Waals surface area contributed by atoms with Gasteiger partial charge in [0.1, 0.15) is 0 Å². The second kappa shape index (κ2) is 5.51. The number of rotatable bonds is 6. The van der Waals surface area contributed by atoms with Crippen LogP contribution in [0.5, 0.6) is 0 Å². The molecule has 0 spiro atoms. The van der Waals surface area contributed by atoms with Crippen molar-refractivity contribution < 1.29 is 14.9 Å². The fourth-order valence-corrected chi connectivity index (χ4v) is 1.17. The van der Waals surface area contributed by atoms with Crippen LogP contribution in [-0.2, 0) is 4.74 Å². The first kappa shape index (κ1) is 11.9. The van der Waals surface area contributed by atoms with Gasteiger partial charge in [0.2, 0.25) is 0 Å². The Labute approximate surface area is 74.4 Å². The van der Waals surface area contributed by atoms with E-state index in [9.17, 15) is 0 Å². The molecule has 0 aromatic rings. The maximum Gasteiger partial charge on any atom is 0.0512 e. The normalized spacial score (nSPS) is 12.5. The zero-order valence-electron chi connectivity index (χ0n) is 8.21. The second-order valence-electron chi connectivity index (χ2n) is 3.58. The highest BCUT2D eigenvalue weighted by Crippen LogP contribution is 2.30. The molecule has 3 nitrogen and oxygen atoms in total. The first-order valence-corrected chi connectivity index (χ1v) is 4.33. The fourth-order valence-electron chi connectivity index (χ4n) is 1.17. The zero-order chi connectivity index (χ0) is 9.61. The summed E-state index contributed by atoms with van der Waals surface area (Å²) in [6, 6.07) is 0. The van der Waals surface area contributed by atoms with Gasteiger partial charge in [-0.15, -0.1) is 0 Å². The van der Waals surface area contributed by atoms with Gasteiger partial charge in [-0.05, 0) is 12.3 Å². The number of aliphatic hydroxyl groups is 2. The topological polar surface area (TPSA) is 49.7 Å². The van der Waals surface area contributed by atoms with Crippen LogP contribution >= 0.6 is 0 Å². The molecular weight excluding hydrogens is 156 g/mol. The summed E-state index contributed by atoms with van der Waals surface area (Å²) in [4.78, 5) is 0. The average Bonchev–Trinajstić information content (AvgIpc) is 2.07. The van der Waals surface area contributed by atoms with Gasteiger partial charge in [-0.1, -0.05) is 13.8 Å². The van der Waals surface area contributed by atoms with Gasteiger partial charge in [-0.3, -0.25) is 0 Å². The van der Waals surface area contributed by atoms with Gasteiger partial charge in [0, 0.05) is 19.1 Å². The zero-order valence-corrected chi connectivity index (χ0v) is 8.21. The molecule has 12 heavy (non-hydrogen) atoms. The maximum atomic E-state index is 9.16. The molecule has 0 radical (unpaired) electrons. The Hall–Kier alpha value is -0.120. The highest BCUT2D eigenvalue weighted by atomic mass is 16.5. The van der Waals surface area contributed by atoms with E-state index in [2.05, 4.69) is 0 Å². The molecule has 0 unspecified atom stereocenters. The molecule has 0 amide bonds. The first-order chi connectivity index (χ1) is 5.63. The van der Waals surface area contributed by atoms with E-state index >= 15 is 0 Å². The minimum absolute atomic E-state index is 0.0184. The number of hydrogen-bond donors (Lipinski definition) is 2. The van der Waals surface area contributed by atoms with Gasteiger partial charge in [0.25, 0.3) is 0 Å². The van der Waals surface area contributed by atoms with Crippen LogP contribution in [0.3, 0.4) is 0 Å². The molecule has 0 saturated heterocycles. The molecule has 74 valence electrons. The summed E-state index contributed by atoms with van der Waals surface area (Å²) < 4.78 is 4.93. The molecule has 0 aliphatic carbocycles. The van der Waals surface area contributed by atoms with E-state index in [0.717, 1.165) is 0 Å². The van der Waals surface area contributed by atoms with Crippen LogP contribution in [0.2, 0.25) is 0 Å². The maximum absolute atomic E-state index is 9.16.